The highest BCUT2D eigenvalue weighted by molar-refractivity contribution is 9.10. The Morgan fingerprint density at radius 1 is 1.14 bits per heavy atom. The molecule has 2 aromatic carbocycles. The molecule has 2 aromatic rings. The number of nitrogens with zero attached hydrogens (tertiary/aromatic N) is 1. The van der Waals surface area contributed by atoms with Gasteiger partial charge in [0, 0.05) is 10.0 Å². The number of rotatable bonds is 2. The van der Waals surface area contributed by atoms with Crippen LogP contribution in [0.5, 0.6) is 0 Å². The van der Waals surface area contributed by atoms with E-state index in [-0.39, 0.29) is 12.5 Å². The summed E-state index contributed by atoms with van der Waals surface area (Å²) < 4.78 is 27.4. The van der Waals surface area contributed by atoms with Crippen LogP contribution in [0.4, 0.5) is 14.5 Å². The molecule has 0 saturated heterocycles. The van der Waals surface area contributed by atoms with E-state index >= 15 is 0 Å². The van der Waals surface area contributed by atoms with Gasteiger partial charge in [-0.1, -0.05) is 22.0 Å². The molecule has 0 bridgehead atoms. The maximum Gasteiger partial charge on any atom is 0.248 e. The van der Waals surface area contributed by atoms with Crippen LogP contribution in [-0.4, -0.2) is 5.91 Å². The first-order chi connectivity index (χ1) is 9.97. The molecular weight excluding hydrogens is 342 g/mol. The molecule has 0 spiro atoms. The first-order valence-corrected chi connectivity index (χ1v) is 7.07. The Hall–Kier alpha value is -1.79. The van der Waals surface area contributed by atoms with Crippen LogP contribution in [0.25, 0.3) is 0 Å². The Morgan fingerprint density at radius 2 is 1.81 bits per heavy atom. The SMILES string of the molecule is NC1C(=O)N(Cc2cc(F)ccc2Br)c2cc(F)ccc21. The van der Waals surface area contributed by atoms with Gasteiger partial charge in [0.15, 0.2) is 0 Å². The van der Waals surface area contributed by atoms with Crippen molar-refractivity contribution in [1.82, 2.24) is 0 Å². The number of fused-ring (bicyclic) bond motifs is 1. The van der Waals surface area contributed by atoms with Crippen molar-refractivity contribution in [1.29, 1.82) is 0 Å². The van der Waals surface area contributed by atoms with E-state index in [1.807, 2.05) is 0 Å². The average Bonchev–Trinajstić information content (AvgIpc) is 2.67. The lowest BCUT2D eigenvalue weighted by atomic mass is 10.1. The third-order valence-corrected chi connectivity index (χ3v) is 4.26. The van der Waals surface area contributed by atoms with Crippen LogP contribution in [0, 0.1) is 11.6 Å². The van der Waals surface area contributed by atoms with Gasteiger partial charge in [0.05, 0.1) is 12.2 Å². The lowest BCUT2D eigenvalue weighted by Crippen LogP contribution is -2.31. The van der Waals surface area contributed by atoms with Crippen molar-refractivity contribution < 1.29 is 13.6 Å². The molecule has 1 atom stereocenters. The van der Waals surface area contributed by atoms with E-state index in [1.165, 1.54) is 35.2 Å². The Labute approximate surface area is 128 Å². The van der Waals surface area contributed by atoms with E-state index in [0.717, 1.165) is 0 Å². The van der Waals surface area contributed by atoms with Gasteiger partial charge >= 0.3 is 0 Å². The number of nitrogens with two attached hydrogens (primary N) is 1. The van der Waals surface area contributed by atoms with Gasteiger partial charge in [-0.15, -0.1) is 0 Å². The highest BCUT2D eigenvalue weighted by Crippen LogP contribution is 2.36. The van der Waals surface area contributed by atoms with Gasteiger partial charge in [-0.3, -0.25) is 4.79 Å². The lowest BCUT2D eigenvalue weighted by molar-refractivity contribution is -0.119. The van der Waals surface area contributed by atoms with Crippen molar-refractivity contribution in [3.63, 3.8) is 0 Å². The summed E-state index contributed by atoms with van der Waals surface area (Å²) in [7, 11) is 0. The van der Waals surface area contributed by atoms with E-state index in [4.69, 9.17) is 5.73 Å². The maximum atomic E-state index is 13.4. The summed E-state index contributed by atoms with van der Waals surface area (Å²) in [5.74, 6) is -1.17. The summed E-state index contributed by atoms with van der Waals surface area (Å²) in [6.07, 6.45) is 0. The predicted molar refractivity (Wildman–Crippen MR) is 78.6 cm³/mol. The van der Waals surface area contributed by atoms with Crippen LogP contribution in [0.3, 0.4) is 0 Å². The first kappa shape index (κ1) is 14.2. The van der Waals surface area contributed by atoms with Crippen LogP contribution >= 0.6 is 15.9 Å². The van der Waals surface area contributed by atoms with Crippen molar-refractivity contribution in [2.24, 2.45) is 5.73 Å². The monoisotopic (exact) mass is 352 g/mol. The summed E-state index contributed by atoms with van der Waals surface area (Å²) in [6.45, 7) is 0.126. The molecular formula is C15H11BrF2N2O. The minimum absolute atomic E-state index is 0.126. The fourth-order valence-corrected chi connectivity index (χ4v) is 2.80. The van der Waals surface area contributed by atoms with Gasteiger partial charge in [-0.2, -0.15) is 0 Å². The quantitative estimate of drug-likeness (QED) is 0.901. The van der Waals surface area contributed by atoms with Gasteiger partial charge in [0.2, 0.25) is 5.91 Å². The van der Waals surface area contributed by atoms with Crippen LogP contribution in [0.2, 0.25) is 0 Å². The maximum absolute atomic E-state index is 13.4. The zero-order valence-electron chi connectivity index (χ0n) is 10.8. The molecule has 108 valence electrons. The van der Waals surface area contributed by atoms with E-state index in [9.17, 15) is 13.6 Å². The van der Waals surface area contributed by atoms with Crippen molar-refractivity contribution in [3.05, 3.63) is 63.6 Å². The molecule has 2 N–H and O–H groups in total. The van der Waals surface area contributed by atoms with E-state index in [2.05, 4.69) is 15.9 Å². The first-order valence-electron chi connectivity index (χ1n) is 6.27. The van der Waals surface area contributed by atoms with Gasteiger partial charge in [-0.05, 0) is 35.9 Å². The topological polar surface area (TPSA) is 46.3 Å². The van der Waals surface area contributed by atoms with Crippen LogP contribution in [0.1, 0.15) is 17.2 Å². The normalized spacial score (nSPS) is 17.2. The van der Waals surface area contributed by atoms with E-state index < -0.39 is 17.7 Å². The third kappa shape index (κ3) is 2.45. The summed E-state index contributed by atoms with van der Waals surface area (Å²) >= 11 is 3.32. The lowest BCUT2D eigenvalue weighted by Gasteiger charge is -2.18. The standard InChI is InChI=1S/C15H11BrF2N2O/c16-12-4-2-9(17)5-8(12)7-20-13-6-10(18)1-3-11(13)14(19)15(20)21/h1-6,14H,7,19H2. The number of benzene rings is 2. The molecule has 1 aliphatic heterocycles. The second-order valence-electron chi connectivity index (χ2n) is 4.84. The Kier molecular flexibility index (Phi) is 3.51. The Bertz CT molecular complexity index is 736. The Balaban J connectivity index is 2.02. The highest BCUT2D eigenvalue weighted by atomic mass is 79.9. The van der Waals surface area contributed by atoms with E-state index in [0.29, 0.717) is 21.3 Å². The molecule has 21 heavy (non-hydrogen) atoms. The molecule has 1 unspecified atom stereocenters. The van der Waals surface area contributed by atoms with Crippen molar-refractivity contribution in [2.75, 3.05) is 4.90 Å². The molecule has 6 heteroatoms. The average molecular weight is 353 g/mol. The minimum atomic E-state index is -0.812. The van der Waals surface area contributed by atoms with Crippen LogP contribution in [0.15, 0.2) is 40.9 Å². The second-order valence-corrected chi connectivity index (χ2v) is 5.70. The number of carbonyl (C=O) groups is 1. The minimum Gasteiger partial charge on any atom is -0.316 e. The molecule has 0 fully saturated rings. The van der Waals surface area contributed by atoms with Crippen LogP contribution in [-0.2, 0) is 11.3 Å². The zero-order valence-corrected chi connectivity index (χ0v) is 12.4. The highest BCUT2D eigenvalue weighted by Gasteiger charge is 2.35. The van der Waals surface area contributed by atoms with Crippen molar-refractivity contribution in [2.45, 2.75) is 12.6 Å². The van der Waals surface area contributed by atoms with Crippen molar-refractivity contribution >= 4 is 27.5 Å². The number of carbonyl (C=O) groups excluding carboxylic acids is 1. The van der Waals surface area contributed by atoms with Crippen LogP contribution < -0.4 is 10.6 Å². The molecule has 0 radical (unpaired) electrons. The van der Waals surface area contributed by atoms with Crippen molar-refractivity contribution in [3.8, 4) is 0 Å². The van der Waals surface area contributed by atoms with Gasteiger partial charge in [0.1, 0.15) is 17.7 Å². The van der Waals surface area contributed by atoms with Gasteiger partial charge in [0.25, 0.3) is 0 Å². The van der Waals surface area contributed by atoms with Gasteiger partial charge in [-0.25, -0.2) is 8.78 Å². The smallest absolute Gasteiger partial charge is 0.248 e. The van der Waals surface area contributed by atoms with E-state index in [1.54, 1.807) is 6.07 Å². The molecule has 1 amide bonds. The number of hydrogen-bond donors (Lipinski definition) is 1. The zero-order chi connectivity index (χ0) is 15.1. The number of hydrogen-bond acceptors (Lipinski definition) is 2. The Morgan fingerprint density at radius 3 is 2.57 bits per heavy atom. The summed E-state index contributed by atoms with van der Waals surface area (Å²) in [5.41, 5.74) is 7.45. The summed E-state index contributed by atoms with van der Waals surface area (Å²) in [4.78, 5) is 13.6. The molecule has 3 rings (SSSR count). The molecule has 0 aliphatic carbocycles. The molecule has 0 saturated carbocycles. The second kappa shape index (κ2) is 5.20. The summed E-state index contributed by atoms with van der Waals surface area (Å²) in [5, 5.41) is 0. The number of anilines is 1. The summed E-state index contributed by atoms with van der Waals surface area (Å²) in [6, 6.07) is 7.46. The molecule has 3 nitrogen and oxygen atoms in total. The predicted octanol–water partition coefficient (Wildman–Crippen LogP) is 3.27. The number of amides is 1. The largest absolute Gasteiger partial charge is 0.316 e. The number of halogens is 3. The molecule has 1 aliphatic rings. The fourth-order valence-electron chi connectivity index (χ4n) is 2.43. The van der Waals surface area contributed by atoms with Gasteiger partial charge < -0.3 is 10.6 Å². The fraction of sp³-hybridized carbons (Fsp3) is 0.133. The molecule has 0 aromatic heterocycles. The third-order valence-electron chi connectivity index (χ3n) is 3.49. The molecule has 1 heterocycles.